The van der Waals surface area contributed by atoms with Crippen molar-refractivity contribution < 1.29 is 4.79 Å². The quantitative estimate of drug-likeness (QED) is 0.857. The first-order valence-electron chi connectivity index (χ1n) is 7.39. The molecule has 1 aromatic carbocycles. The average molecular weight is 339 g/mol. The minimum Gasteiger partial charge on any atom is -0.324 e. The summed E-state index contributed by atoms with van der Waals surface area (Å²) in [5.41, 5.74) is 0.824. The molecule has 1 aliphatic carbocycles. The topological polar surface area (TPSA) is 41.1 Å². The lowest BCUT2D eigenvalue weighted by Gasteiger charge is -2.20. The van der Waals surface area contributed by atoms with Gasteiger partial charge in [-0.3, -0.25) is 4.79 Å². The number of para-hydroxylation sites is 1. The normalized spacial score (nSPS) is 25.6. The van der Waals surface area contributed by atoms with Gasteiger partial charge >= 0.3 is 0 Å². The third-order valence-electron chi connectivity index (χ3n) is 4.42. The maximum atomic E-state index is 12.0. The van der Waals surface area contributed by atoms with Crippen molar-refractivity contribution in [3.8, 4) is 0 Å². The molecule has 0 bridgehead atoms. The van der Waals surface area contributed by atoms with E-state index in [-0.39, 0.29) is 5.91 Å². The van der Waals surface area contributed by atoms with Gasteiger partial charge in [-0.2, -0.15) is 0 Å². The van der Waals surface area contributed by atoms with Gasteiger partial charge in [0.1, 0.15) is 0 Å². The van der Waals surface area contributed by atoms with Crippen molar-refractivity contribution in [2.24, 2.45) is 11.8 Å². The van der Waals surface area contributed by atoms with E-state index >= 15 is 0 Å². The first-order chi connectivity index (χ1) is 9.61. The molecule has 1 fully saturated rings. The molecular formula is C16H23BrN2O. The maximum Gasteiger partial charge on any atom is 0.238 e. The van der Waals surface area contributed by atoms with Crippen molar-refractivity contribution in [2.75, 3.05) is 11.9 Å². The van der Waals surface area contributed by atoms with Crippen LogP contribution >= 0.6 is 15.9 Å². The number of amides is 1. The summed E-state index contributed by atoms with van der Waals surface area (Å²) in [6, 6.07) is 8.15. The summed E-state index contributed by atoms with van der Waals surface area (Å²) in [6.07, 6.45) is 3.70. The molecule has 2 rings (SSSR count). The fourth-order valence-electron chi connectivity index (χ4n) is 3.09. The number of nitrogens with one attached hydrogen (secondary N) is 2. The van der Waals surface area contributed by atoms with Gasteiger partial charge in [0.15, 0.2) is 0 Å². The van der Waals surface area contributed by atoms with Crippen LogP contribution in [0.15, 0.2) is 28.7 Å². The molecule has 1 saturated carbocycles. The van der Waals surface area contributed by atoms with Crippen molar-refractivity contribution in [2.45, 2.75) is 39.2 Å². The number of hydrogen-bond acceptors (Lipinski definition) is 2. The fraction of sp³-hybridized carbons (Fsp3) is 0.562. The van der Waals surface area contributed by atoms with Crippen LogP contribution in [0, 0.1) is 11.8 Å². The first-order valence-corrected chi connectivity index (χ1v) is 8.19. The standard InChI is InChI=1S/C16H23BrN2O/c1-3-12-8-9-14(11(12)2)18-10-16(20)19-15-7-5-4-6-13(15)17/h4-7,11-12,14,18H,3,8-10H2,1-2H3,(H,19,20). The van der Waals surface area contributed by atoms with Gasteiger partial charge < -0.3 is 10.6 Å². The Labute approximate surface area is 129 Å². The van der Waals surface area contributed by atoms with E-state index in [1.807, 2.05) is 24.3 Å². The molecule has 4 heteroatoms. The lowest BCUT2D eigenvalue weighted by atomic mass is 9.93. The second-order valence-corrected chi connectivity index (χ2v) is 6.47. The van der Waals surface area contributed by atoms with Gasteiger partial charge in [-0.1, -0.05) is 32.4 Å². The zero-order valence-corrected chi connectivity index (χ0v) is 13.7. The van der Waals surface area contributed by atoms with Crippen molar-refractivity contribution in [3.63, 3.8) is 0 Å². The van der Waals surface area contributed by atoms with Crippen molar-refractivity contribution >= 4 is 27.5 Å². The molecule has 110 valence electrons. The fourth-order valence-corrected chi connectivity index (χ4v) is 3.48. The number of anilines is 1. The summed E-state index contributed by atoms with van der Waals surface area (Å²) in [6.45, 7) is 4.93. The number of hydrogen-bond donors (Lipinski definition) is 2. The lowest BCUT2D eigenvalue weighted by Crippen LogP contribution is -2.38. The molecule has 20 heavy (non-hydrogen) atoms. The predicted molar refractivity (Wildman–Crippen MR) is 86.7 cm³/mol. The van der Waals surface area contributed by atoms with Crippen LogP contribution in [0.4, 0.5) is 5.69 Å². The smallest absolute Gasteiger partial charge is 0.238 e. The van der Waals surface area contributed by atoms with Crippen LogP contribution in [0.25, 0.3) is 0 Å². The Hall–Kier alpha value is -0.870. The van der Waals surface area contributed by atoms with Crippen LogP contribution in [0.1, 0.15) is 33.1 Å². The Morgan fingerprint density at radius 1 is 1.35 bits per heavy atom. The first kappa shape index (κ1) is 15.5. The van der Waals surface area contributed by atoms with Crippen LogP contribution in [-0.2, 0) is 4.79 Å². The van der Waals surface area contributed by atoms with E-state index in [9.17, 15) is 4.79 Å². The van der Waals surface area contributed by atoms with Crippen LogP contribution in [0.3, 0.4) is 0 Å². The molecular weight excluding hydrogens is 316 g/mol. The zero-order chi connectivity index (χ0) is 14.5. The van der Waals surface area contributed by atoms with Gasteiger partial charge in [0.25, 0.3) is 0 Å². The maximum absolute atomic E-state index is 12.0. The Kier molecular flexibility index (Phi) is 5.61. The summed E-state index contributed by atoms with van der Waals surface area (Å²) in [4.78, 5) is 12.0. The van der Waals surface area contributed by atoms with Crippen LogP contribution < -0.4 is 10.6 Å². The van der Waals surface area contributed by atoms with Crippen LogP contribution in [-0.4, -0.2) is 18.5 Å². The van der Waals surface area contributed by atoms with Gasteiger partial charge in [-0.05, 0) is 52.7 Å². The molecule has 1 aliphatic rings. The molecule has 1 amide bonds. The predicted octanol–water partition coefficient (Wildman–Crippen LogP) is 3.80. The average Bonchev–Trinajstić information content (AvgIpc) is 2.79. The molecule has 0 radical (unpaired) electrons. The van der Waals surface area contributed by atoms with E-state index in [1.165, 1.54) is 19.3 Å². The lowest BCUT2D eigenvalue weighted by molar-refractivity contribution is -0.115. The minimum atomic E-state index is 0.0176. The zero-order valence-electron chi connectivity index (χ0n) is 12.2. The van der Waals surface area contributed by atoms with E-state index in [0.717, 1.165) is 16.1 Å². The highest BCUT2D eigenvalue weighted by molar-refractivity contribution is 9.10. The van der Waals surface area contributed by atoms with Gasteiger partial charge in [0.05, 0.1) is 12.2 Å². The highest BCUT2D eigenvalue weighted by Gasteiger charge is 2.31. The van der Waals surface area contributed by atoms with Crippen molar-refractivity contribution in [3.05, 3.63) is 28.7 Å². The van der Waals surface area contributed by atoms with Crippen LogP contribution in [0.5, 0.6) is 0 Å². The Bertz CT molecular complexity index is 464. The Morgan fingerprint density at radius 2 is 2.10 bits per heavy atom. The molecule has 0 spiro atoms. The Balaban J connectivity index is 1.80. The van der Waals surface area contributed by atoms with E-state index in [2.05, 4.69) is 40.4 Å². The second-order valence-electron chi connectivity index (χ2n) is 5.62. The molecule has 0 saturated heterocycles. The largest absolute Gasteiger partial charge is 0.324 e. The number of rotatable bonds is 5. The minimum absolute atomic E-state index is 0.0176. The second kappa shape index (κ2) is 7.23. The number of benzene rings is 1. The van der Waals surface area contributed by atoms with E-state index < -0.39 is 0 Å². The number of halogens is 1. The van der Waals surface area contributed by atoms with E-state index in [4.69, 9.17) is 0 Å². The summed E-state index contributed by atoms with van der Waals surface area (Å²) in [5, 5.41) is 6.33. The third kappa shape index (κ3) is 3.83. The summed E-state index contributed by atoms with van der Waals surface area (Å²) in [7, 11) is 0. The molecule has 0 heterocycles. The molecule has 1 aromatic rings. The molecule has 3 unspecified atom stereocenters. The van der Waals surface area contributed by atoms with Crippen molar-refractivity contribution in [1.29, 1.82) is 0 Å². The summed E-state index contributed by atoms with van der Waals surface area (Å²) >= 11 is 3.43. The molecule has 0 aliphatic heterocycles. The number of carbonyl (C=O) groups excluding carboxylic acids is 1. The third-order valence-corrected chi connectivity index (χ3v) is 5.12. The van der Waals surface area contributed by atoms with Gasteiger partial charge in [0, 0.05) is 10.5 Å². The number of carbonyl (C=O) groups is 1. The summed E-state index contributed by atoms with van der Waals surface area (Å²) in [5.74, 6) is 1.49. The highest BCUT2D eigenvalue weighted by atomic mass is 79.9. The van der Waals surface area contributed by atoms with Gasteiger partial charge in [0.2, 0.25) is 5.91 Å². The molecule has 3 atom stereocenters. The van der Waals surface area contributed by atoms with Gasteiger partial charge in [-0.15, -0.1) is 0 Å². The van der Waals surface area contributed by atoms with Crippen LogP contribution in [0.2, 0.25) is 0 Å². The van der Waals surface area contributed by atoms with Gasteiger partial charge in [-0.25, -0.2) is 0 Å². The Morgan fingerprint density at radius 3 is 2.75 bits per heavy atom. The molecule has 2 N–H and O–H groups in total. The SMILES string of the molecule is CCC1CCC(NCC(=O)Nc2ccccc2Br)C1C. The summed E-state index contributed by atoms with van der Waals surface area (Å²) < 4.78 is 0.911. The van der Waals surface area contributed by atoms with E-state index in [1.54, 1.807) is 0 Å². The highest BCUT2D eigenvalue weighted by Crippen LogP contribution is 2.33. The monoisotopic (exact) mass is 338 g/mol. The molecule has 0 aromatic heterocycles. The van der Waals surface area contributed by atoms with Crippen molar-refractivity contribution in [1.82, 2.24) is 5.32 Å². The molecule has 3 nitrogen and oxygen atoms in total. The van der Waals surface area contributed by atoms with E-state index in [0.29, 0.717) is 18.5 Å².